The van der Waals surface area contributed by atoms with E-state index in [1.165, 1.54) is 0 Å². The highest BCUT2D eigenvalue weighted by Gasteiger charge is 2.15. The van der Waals surface area contributed by atoms with Crippen LogP contribution in [0.4, 0.5) is 5.82 Å². The number of nitrogen functional groups attached to an aromatic ring is 1. The summed E-state index contributed by atoms with van der Waals surface area (Å²) in [5.74, 6) is -0.0169. The van der Waals surface area contributed by atoms with Crippen molar-refractivity contribution in [2.75, 3.05) is 19.3 Å². The number of benzene rings is 1. The van der Waals surface area contributed by atoms with Crippen LogP contribution in [0.1, 0.15) is 15.9 Å². The van der Waals surface area contributed by atoms with Crippen molar-refractivity contribution >= 4 is 22.4 Å². The molecule has 0 bridgehead atoms. The van der Waals surface area contributed by atoms with Crippen LogP contribution in [0.5, 0.6) is 0 Å². The summed E-state index contributed by atoms with van der Waals surface area (Å²) in [4.78, 5) is 26.4. The molecule has 1 aromatic carbocycles. The zero-order chi connectivity index (χ0) is 13.3. The van der Waals surface area contributed by atoms with Crippen LogP contribution in [0, 0.1) is 6.92 Å². The van der Waals surface area contributed by atoms with Gasteiger partial charge in [-0.1, -0.05) is 17.7 Å². The zero-order valence-electron chi connectivity index (χ0n) is 10.3. The number of likely N-dealkylation sites (N-methyl/N-ethyl adjacent to an activating group) is 1. The van der Waals surface area contributed by atoms with E-state index in [1.807, 2.05) is 13.0 Å². The zero-order valence-corrected chi connectivity index (χ0v) is 10.3. The SMILES string of the molecule is CNCC(=O)c1c(N)[nH]c(=O)c2cc(C)ccc12. The van der Waals surface area contributed by atoms with Crippen LogP contribution >= 0.6 is 0 Å². The Labute approximate surface area is 104 Å². The van der Waals surface area contributed by atoms with Gasteiger partial charge in [0.25, 0.3) is 5.56 Å². The summed E-state index contributed by atoms with van der Waals surface area (Å²) in [5.41, 5.74) is 6.82. The Morgan fingerprint density at radius 1 is 1.39 bits per heavy atom. The number of hydrogen-bond donors (Lipinski definition) is 3. The van der Waals surface area contributed by atoms with Gasteiger partial charge in [0.1, 0.15) is 5.82 Å². The number of pyridine rings is 1. The lowest BCUT2D eigenvalue weighted by Gasteiger charge is -2.09. The molecule has 0 spiro atoms. The number of nitrogens with one attached hydrogen (secondary N) is 2. The van der Waals surface area contributed by atoms with Gasteiger partial charge < -0.3 is 16.0 Å². The monoisotopic (exact) mass is 245 g/mol. The number of rotatable bonds is 3. The fraction of sp³-hybridized carbons (Fsp3) is 0.231. The van der Waals surface area contributed by atoms with Crippen molar-refractivity contribution in [2.24, 2.45) is 0 Å². The van der Waals surface area contributed by atoms with Gasteiger partial charge in [-0.3, -0.25) is 9.59 Å². The number of Topliss-reactive ketones (excluding diaryl/α,β-unsaturated/α-hetero) is 1. The average molecular weight is 245 g/mol. The normalized spacial score (nSPS) is 10.8. The van der Waals surface area contributed by atoms with Gasteiger partial charge in [0, 0.05) is 10.8 Å². The summed E-state index contributed by atoms with van der Waals surface area (Å²) < 4.78 is 0. The van der Waals surface area contributed by atoms with Crippen LogP contribution in [-0.2, 0) is 0 Å². The number of fused-ring (bicyclic) bond motifs is 1. The fourth-order valence-electron chi connectivity index (χ4n) is 2.01. The third-order valence-electron chi connectivity index (χ3n) is 2.82. The molecule has 1 heterocycles. The molecule has 0 saturated carbocycles. The molecule has 0 aliphatic carbocycles. The van der Waals surface area contributed by atoms with E-state index in [4.69, 9.17) is 5.73 Å². The lowest BCUT2D eigenvalue weighted by molar-refractivity contribution is 0.0995. The van der Waals surface area contributed by atoms with Gasteiger partial charge >= 0.3 is 0 Å². The number of ketones is 1. The molecule has 2 aromatic rings. The first-order chi connectivity index (χ1) is 8.54. The van der Waals surface area contributed by atoms with Crippen molar-refractivity contribution in [1.29, 1.82) is 0 Å². The number of carbonyl (C=O) groups is 1. The summed E-state index contributed by atoms with van der Waals surface area (Å²) in [7, 11) is 1.69. The molecular weight excluding hydrogens is 230 g/mol. The Kier molecular flexibility index (Phi) is 3.16. The molecule has 5 nitrogen and oxygen atoms in total. The van der Waals surface area contributed by atoms with Crippen molar-refractivity contribution in [1.82, 2.24) is 10.3 Å². The Bertz CT molecular complexity index is 674. The first kappa shape index (κ1) is 12.3. The molecular formula is C13H15N3O2. The Morgan fingerprint density at radius 3 is 2.78 bits per heavy atom. The molecule has 0 aliphatic rings. The summed E-state index contributed by atoms with van der Waals surface area (Å²) in [6, 6.07) is 5.38. The summed E-state index contributed by atoms with van der Waals surface area (Å²) in [5, 5.41) is 3.88. The third-order valence-corrected chi connectivity index (χ3v) is 2.82. The van der Waals surface area contributed by atoms with Gasteiger partial charge in [0.05, 0.1) is 12.1 Å². The van der Waals surface area contributed by atoms with E-state index in [1.54, 1.807) is 19.2 Å². The minimum absolute atomic E-state index is 0.122. The van der Waals surface area contributed by atoms with Crippen molar-refractivity contribution < 1.29 is 4.79 Å². The number of carbonyl (C=O) groups excluding carboxylic acids is 1. The number of hydrogen-bond acceptors (Lipinski definition) is 4. The molecule has 0 unspecified atom stereocenters. The lowest BCUT2D eigenvalue weighted by Crippen LogP contribution is -2.22. The first-order valence-corrected chi connectivity index (χ1v) is 5.64. The molecule has 0 radical (unpaired) electrons. The van der Waals surface area contributed by atoms with Crippen LogP contribution in [0.2, 0.25) is 0 Å². The summed E-state index contributed by atoms with van der Waals surface area (Å²) in [6.07, 6.45) is 0. The highest BCUT2D eigenvalue weighted by molar-refractivity contribution is 6.12. The fourth-order valence-corrected chi connectivity index (χ4v) is 2.01. The van der Waals surface area contributed by atoms with Crippen molar-refractivity contribution in [3.05, 3.63) is 39.7 Å². The minimum Gasteiger partial charge on any atom is -0.385 e. The number of H-pyrrole nitrogens is 1. The van der Waals surface area contributed by atoms with E-state index < -0.39 is 0 Å². The van der Waals surface area contributed by atoms with E-state index >= 15 is 0 Å². The van der Waals surface area contributed by atoms with Gasteiger partial charge in [-0.05, 0) is 20.0 Å². The maximum Gasteiger partial charge on any atom is 0.257 e. The smallest absolute Gasteiger partial charge is 0.257 e. The van der Waals surface area contributed by atoms with Crippen LogP contribution in [0.25, 0.3) is 10.8 Å². The minimum atomic E-state index is -0.271. The molecule has 1 aromatic heterocycles. The van der Waals surface area contributed by atoms with Crippen LogP contribution < -0.4 is 16.6 Å². The molecule has 0 fully saturated rings. The highest BCUT2D eigenvalue weighted by Crippen LogP contribution is 2.21. The first-order valence-electron chi connectivity index (χ1n) is 5.64. The van der Waals surface area contributed by atoms with Gasteiger partial charge in [0.2, 0.25) is 0 Å². The van der Waals surface area contributed by atoms with Gasteiger partial charge in [0.15, 0.2) is 5.78 Å². The summed E-state index contributed by atoms with van der Waals surface area (Å²) >= 11 is 0. The van der Waals surface area contributed by atoms with Gasteiger partial charge in [-0.25, -0.2) is 0 Å². The lowest BCUT2D eigenvalue weighted by atomic mass is 10.0. The summed E-state index contributed by atoms with van der Waals surface area (Å²) in [6.45, 7) is 2.07. The van der Waals surface area contributed by atoms with E-state index in [-0.39, 0.29) is 23.7 Å². The molecule has 94 valence electrons. The number of anilines is 1. The van der Waals surface area contributed by atoms with Crippen LogP contribution in [0.15, 0.2) is 23.0 Å². The second-order valence-corrected chi connectivity index (χ2v) is 4.25. The van der Waals surface area contributed by atoms with Gasteiger partial charge in [-0.15, -0.1) is 0 Å². The quantitative estimate of drug-likeness (QED) is 0.699. The molecule has 2 rings (SSSR count). The molecule has 0 aliphatic heterocycles. The average Bonchev–Trinajstić information content (AvgIpc) is 2.30. The molecule has 0 atom stereocenters. The molecule has 0 saturated heterocycles. The number of aromatic amines is 1. The van der Waals surface area contributed by atoms with Gasteiger partial charge in [-0.2, -0.15) is 0 Å². The highest BCUT2D eigenvalue weighted by atomic mass is 16.1. The Balaban J connectivity index is 2.80. The maximum atomic E-state index is 12.0. The van der Waals surface area contributed by atoms with E-state index in [0.717, 1.165) is 5.56 Å². The number of nitrogens with two attached hydrogens (primary N) is 1. The second-order valence-electron chi connectivity index (χ2n) is 4.25. The van der Waals surface area contributed by atoms with Crippen LogP contribution in [0.3, 0.4) is 0 Å². The Hall–Kier alpha value is -2.14. The molecule has 18 heavy (non-hydrogen) atoms. The third kappa shape index (κ3) is 2.00. The predicted molar refractivity (Wildman–Crippen MR) is 72.0 cm³/mol. The van der Waals surface area contributed by atoms with E-state index in [2.05, 4.69) is 10.3 Å². The van der Waals surface area contributed by atoms with E-state index in [9.17, 15) is 9.59 Å². The maximum absolute atomic E-state index is 12.0. The molecule has 5 heteroatoms. The van der Waals surface area contributed by atoms with Crippen molar-refractivity contribution in [3.63, 3.8) is 0 Å². The molecule has 0 amide bonds. The Morgan fingerprint density at radius 2 is 2.11 bits per heavy atom. The van der Waals surface area contributed by atoms with Crippen molar-refractivity contribution in [3.8, 4) is 0 Å². The number of aryl methyl sites for hydroxylation is 1. The molecule has 4 N–H and O–H groups in total. The van der Waals surface area contributed by atoms with Crippen LogP contribution in [-0.4, -0.2) is 24.4 Å². The number of aromatic nitrogens is 1. The standard InChI is InChI=1S/C13H15N3O2/c1-7-3-4-8-9(5-7)13(18)16-12(14)11(8)10(17)6-15-2/h3-5,15H,6H2,1-2H3,(H3,14,16,18). The van der Waals surface area contributed by atoms with E-state index in [0.29, 0.717) is 16.3 Å². The topological polar surface area (TPSA) is 88.0 Å². The second kappa shape index (κ2) is 4.62. The van der Waals surface area contributed by atoms with Crippen molar-refractivity contribution in [2.45, 2.75) is 6.92 Å². The largest absolute Gasteiger partial charge is 0.385 e. The predicted octanol–water partition coefficient (Wildman–Crippen LogP) is 0.821.